The molecule has 1 aromatic rings. The summed E-state index contributed by atoms with van der Waals surface area (Å²) in [5.74, 6) is 0.631. The minimum atomic E-state index is -0.199. The van der Waals surface area contributed by atoms with Gasteiger partial charge >= 0.3 is 0 Å². The minimum absolute atomic E-state index is 0.199. The summed E-state index contributed by atoms with van der Waals surface area (Å²) in [7, 11) is 0. The maximum atomic E-state index is 13.3. The molecule has 1 saturated carbocycles. The Labute approximate surface area is 120 Å². The van der Waals surface area contributed by atoms with E-state index in [-0.39, 0.29) is 5.82 Å². The van der Waals surface area contributed by atoms with Crippen molar-refractivity contribution in [1.29, 1.82) is 0 Å². The van der Waals surface area contributed by atoms with Gasteiger partial charge < -0.3 is 5.32 Å². The molecule has 0 aromatic heterocycles. The number of hydrogen-bond donors (Lipinski definition) is 1. The Hall–Kier alpha value is -0.600. The predicted octanol–water partition coefficient (Wildman–Crippen LogP) is 4.58. The number of hydrogen-bond acceptors (Lipinski definition) is 1. The molecule has 0 amide bonds. The summed E-state index contributed by atoms with van der Waals surface area (Å²) in [6, 6.07) is 5.06. The van der Waals surface area contributed by atoms with E-state index in [0.717, 1.165) is 24.4 Å². The Bertz CT molecular complexity index is 402. The highest BCUT2D eigenvalue weighted by molar-refractivity contribution is 6.31. The molecule has 0 saturated heterocycles. The van der Waals surface area contributed by atoms with Crippen LogP contribution in [-0.2, 0) is 6.42 Å². The highest BCUT2D eigenvalue weighted by Gasteiger charge is 2.20. The van der Waals surface area contributed by atoms with Crippen molar-refractivity contribution in [2.45, 2.75) is 51.5 Å². The number of likely N-dealkylation sites (N-methyl/N-ethyl adjacent to an activating group) is 1. The number of nitrogens with one attached hydrogen (secondary N) is 1. The maximum absolute atomic E-state index is 13.3. The van der Waals surface area contributed by atoms with E-state index in [1.807, 2.05) is 0 Å². The highest BCUT2D eigenvalue weighted by Crippen LogP contribution is 2.30. The first-order chi connectivity index (χ1) is 9.19. The van der Waals surface area contributed by atoms with Gasteiger partial charge in [0.15, 0.2) is 0 Å². The first kappa shape index (κ1) is 14.8. The summed E-state index contributed by atoms with van der Waals surface area (Å²) in [6.45, 7) is 3.07. The van der Waals surface area contributed by atoms with Crippen LogP contribution in [0.15, 0.2) is 18.2 Å². The van der Waals surface area contributed by atoms with Gasteiger partial charge in [0.2, 0.25) is 0 Å². The molecule has 1 aliphatic rings. The quantitative estimate of drug-likeness (QED) is 0.806. The average Bonchev–Trinajstić information content (AvgIpc) is 2.87. The molecule has 0 radical (unpaired) electrons. The van der Waals surface area contributed by atoms with Gasteiger partial charge in [-0.15, -0.1) is 0 Å². The van der Waals surface area contributed by atoms with Gasteiger partial charge in [-0.2, -0.15) is 0 Å². The fourth-order valence-electron chi connectivity index (χ4n) is 3.14. The van der Waals surface area contributed by atoms with Crippen LogP contribution >= 0.6 is 11.6 Å². The predicted molar refractivity (Wildman–Crippen MR) is 79.2 cm³/mol. The van der Waals surface area contributed by atoms with E-state index in [4.69, 9.17) is 11.6 Å². The van der Waals surface area contributed by atoms with Gasteiger partial charge in [-0.25, -0.2) is 4.39 Å². The molecule has 1 atom stereocenters. The van der Waals surface area contributed by atoms with Crippen LogP contribution in [0.3, 0.4) is 0 Å². The zero-order valence-corrected chi connectivity index (χ0v) is 12.3. The monoisotopic (exact) mass is 283 g/mol. The standard InChI is InChI=1S/C16H23ClFN/c1-2-19-15(9-12-5-3-4-6-12)11-13-10-14(18)7-8-16(13)17/h7-8,10,12,15,19H,2-6,9,11H2,1H3. The van der Waals surface area contributed by atoms with E-state index in [2.05, 4.69) is 12.2 Å². The van der Waals surface area contributed by atoms with Crippen molar-refractivity contribution in [1.82, 2.24) is 5.32 Å². The SMILES string of the molecule is CCNC(Cc1cc(F)ccc1Cl)CC1CCCC1. The van der Waals surface area contributed by atoms with E-state index < -0.39 is 0 Å². The van der Waals surface area contributed by atoms with Gasteiger partial charge in [-0.1, -0.05) is 44.2 Å². The van der Waals surface area contributed by atoms with Gasteiger partial charge in [0, 0.05) is 11.1 Å². The van der Waals surface area contributed by atoms with Gasteiger partial charge in [-0.3, -0.25) is 0 Å². The van der Waals surface area contributed by atoms with Gasteiger partial charge in [-0.05, 0) is 49.1 Å². The third-order valence-electron chi connectivity index (χ3n) is 4.06. The number of halogens is 2. The van der Waals surface area contributed by atoms with E-state index in [9.17, 15) is 4.39 Å². The van der Waals surface area contributed by atoms with Crippen molar-refractivity contribution in [2.75, 3.05) is 6.54 Å². The Morgan fingerprint density at radius 3 is 2.79 bits per heavy atom. The van der Waals surface area contributed by atoms with E-state index in [1.165, 1.54) is 38.2 Å². The summed E-state index contributed by atoms with van der Waals surface area (Å²) >= 11 is 6.16. The molecule has 1 unspecified atom stereocenters. The van der Waals surface area contributed by atoms with Crippen LogP contribution in [0.4, 0.5) is 4.39 Å². The van der Waals surface area contributed by atoms with E-state index in [1.54, 1.807) is 12.1 Å². The molecule has 106 valence electrons. The summed E-state index contributed by atoms with van der Waals surface area (Å²) in [5, 5.41) is 4.20. The molecule has 0 heterocycles. The van der Waals surface area contributed by atoms with Crippen LogP contribution in [0.1, 0.15) is 44.6 Å². The van der Waals surface area contributed by atoms with Crippen LogP contribution in [0.2, 0.25) is 5.02 Å². The molecule has 1 aliphatic carbocycles. The number of benzene rings is 1. The lowest BCUT2D eigenvalue weighted by Crippen LogP contribution is -2.32. The summed E-state index contributed by atoms with van der Waals surface area (Å²) in [4.78, 5) is 0. The largest absolute Gasteiger partial charge is 0.314 e. The molecule has 3 heteroatoms. The van der Waals surface area contributed by atoms with Crippen LogP contribution in [-0.4, -0.2) is 12.6 Å². The Balaban J connectivity index is 2.00. The number of rotatable bonds is 6. The van der Waals surface area contributed by atoms with E-state index >= 15 is 0 Å². The molecule has 0 bridgehead atoms. The fourth-order valence-corrected chi connectivity index (χ4v) is 3.34. The van der Waals surface area contributed by atoms with Crippen molar-refractivity contribution < 1.29 is 4.39 Å². The third-order valence-corrected chi connectivity index (χ3v) is 4.43. The van der Waals surface area contributed by atoms with Crippen molar-refractivity contribution in [3.63, 3.8) is 0 Å². The molecule has 1 nitrogen and oxygen atoms in total. The van der Waals surface area contributed by atoms with Crippen LogP contribution in [0, 0.1) is 11.7 Å². The third kappa shape index (κ3) is 4.47. The smallest absolute Gasteiger partial charge is 0.123 e. The average molecular weight is 284 g/mol. The lowest BCUT2D eigenvalue weighted by Gasteiger charge is -2.22. The normalized spacial score (nSPS) is 17.8. The topological polar surface area (TPSA) is 12.0 Å². The minimum Gasteiger partial charge on any atom is -0.314 e. The summed E-state index contributed by atoms with van der Waals surface area (Å²) in [5.41, 5.74) is 0.922. The second-order valence-corrected chi connectivity index (χ2v) is 5.99. The first-order valence-electron chi connectivity index (χ1n) is 7.36. The van der Waals surface area contributed by atoms with E-state index in [0.29, 0.717) is 11.1 Å². The van der Waals surface area contributed by atoms with Crippen LogP contribution in [0.25, 0.3) is 0 Å². The van der Waals surface area contributed by atoms with Crippen LogP contribution < -0.4 is 5.32 Å². The molecular weight excluding hydrogens is 261 g/mol. The second kappa shape index (κ2) is 7.25. The lowest BCUT2D eigenvalue weighted by molar-refractivity contribution is 0.390. The zero-order chi connectivity index (χ0) is 13.7. The Kier molecular flexibility index (Phi) is 5.65. The van der Waals surface area contributed by atoms with Crippen molar-refractivity contribution in [3.8, 4) is 0 Å². The van der Waals surface area contributed by atoms with Gasteiger partial charge in [0.25, 0.3) is 0 Å². The fraction of sp³-hybridized carbons (Fsp3) is 0.625. The molecule has 2 rings (SSSR count). The molecule has 0 spiro atoms. The van der Waals surface area contributed by atoms with Crippen molar-refractivity contribution in [2.24, 2.45) is 5.92 Å². The lowest BCUT2D eigenvalue weighted by atomic mass is 9.94. The molecular formula is C16H23ClFN. The molecule has 1 aromatic carbocycles. The second-order valence-electron chi connectivity index (χ2n) is 5.58. The zero-order valence-electron chi connectivity index (χ0n) is 11.6. The summed E-state index contributed by atoms with van der Waals surface area (Å²) in [6.07, 6.45) is 7.42. The maximum Gasteiger partial charge on any atom is 0.123 e. The van der Waals surface area contributed by atoms with Crippen LogP contribution in [0.5, 0.6) is 0 Å². The first-order valence-corrected chi connectivity index (χ1v) is 7.74. The van der Waals surface area contributed by atoms with Crippen molar-refractivity contribution in [3.05, 3.63) is 34.6 Å². The van der Waals surface area contributed by atoms with Crippen molar-refractivity contribution >= 4 is 11.6 Å². The van der Waals surface area contributed by atoms with Gasteiger partial charge in [0.05, 0.1) is 0 Å². The molecule has 1 N–H and O–H groups in total. The molecule has 19 heavy (non-hydrogen) atoms. The summed E-state index contributed by atoms with van der Waals surface area (Å²) < 4.78 is 13.3. The molecule has 1 fully saturated rings. The Morgan fingerprint density at radius 1 is 1.37 bits per heavy atom. The van der Waals surface area contributed by atoms with Gasteiger partial charge in [0.1, 0.15) is 5.82 Å². The Morgan fingerprint density at radius 2 is 2.11 bits per heavy atom. The molecule has 0 aliphatic heterocycles. The highest BCUT2D eigenvalue weighted by atomic mass is 35.5.